The molecule has 1 aromatic carbocycles. The molecule has 0 unspecified atom stereocenters. The van der Waals surface area contributed by atoms with Crippen molar-refractivity contribution in [2.75, 3.05) is 18.4 Å². The Morgan fingerprint density at radius 1 is 1.20 bits per heavy atom. The van der Waals surface area contributed by atoms with Gasteiger partial charge in [-0.15, -0.1) is 0 Å². The van der Waals surface area contributed by atoms with Gasteiger partial charge in [0.2, 0.25) is 0 Å². The zero-order chi connectivity index (χ0) is 13.9. The number of fused-ring (bicyclic) bond motifs is 1. The van der Waals surface area contributed by atoms with Gasteiger partial charge in [0.15, 0.2) is 0 Å². The average molecular weight is 272 g/mol. The van der Waals surface area contributed by atoms with E-state index in [1.165, 1.54) is 0 Å². The largest absolute Gasteiger partial charge is 0.345 e. The maximum absolute atomic E-state index is 12.0. The number of piperidine rings is 1. The molecule has 2 amide bonds. The Hall–Kier alpha value is -2.37. The first-order valence-electron chi connectivity index (χ1n) is 6.77. The molecule has 1 aliphatic heterocycles. The second-order valence-corrected chi connectivity index (χ2v) is 4.94. The van der Waals surface area contributed by atoms with Crippen LogP contribution in [0.4, 0.5) is 5.69 Å². The zero-order valence-electron chi connectivity index (χ0n) is 11.1. The molecule has 104 valence electrons. The smallest absolute Gasteiger partial charge is 0.313 e. The summed E-state index contributed by atoms with van der Waals surface area (Å²) < 4.78 is 0. The number of aromatic amines is 1. The Labute approximate surface area is 116 Å². The first kappa shape index (κ1) is 12.7. The number of carbonyl (C=O) groups is 2. The van der Waals surface area contributed by atoms with Gasteiger partial charge in [0.1, 0.15) is 0 Å². The number of nitrogens with one attached hydrogen (secondary N) is 2. The number of likely N-dealkylation sites (tertiary alicyclic amines) is 1. The Morgan fingerprint density at radius 2 is 2.00 bits per heavy atom. The highest BCUT2D eigenvalue weighted by molar-refractivity contribution is 6.39. The van der Waals surface area contributed by atoms with Crippen LogP contribution in [-0.2, 0) is 9.59 Å². The van der Waals surface area contributed by atoms with Gasteiger partial charge in [-0.1, -0.05) is 0 Å². The van der Waals surface area contributed by atoms with E-state index < -0.39 is 11.8 Å². The van der Waals surface area contributed by atoms with E-state index >= 15 is 0 Å². The van der Waals surface area contributed by atoms with Gasteiger partial charge in [-0.2, -0.15) is 0 Å². The van der Waals surface area contributed by atoms with E-state index in [9.17, 15) is 9.59 Å². The maximum atomic E-state index is 12.0. The SMILES string of the molecule is O=C(Nc1ccc2nc[nH]c2c1)C(=O)N1CCCCC1. The summed E-state index contributed by atoms with van der Waals surface area (Å²) >= 11 is 0. The Bertz CT molecular complexity index is 643. The third kappa shape index (κ3) is 2.49. The summed E-state index contributed by atoms with van der Waals surface area (Å²) in [5.41, 5.74) is 2.25. The molecule has 1 fully saturated rings. The van der Waals surface area contributed by atoms with Crippen LogP contribution in [0.15, 0.2) is 24.5 Å². The van der Waals surface area contributed by atoms with Crippen molar-refractivity contribution >= 4 is 28.5 Å². The van der Waals surface area contributed by atoms with Crippen molar-refractivity contribution < 1.29 is 9.59 Å². The van der Waals surface area contributed by atoms with E-state index in [-0.39, 0.29) is 0 Å². The van der Waals surface area contributed by atoms with Crippen LogP contribution < -0.4 is 5.32 Å². The quantitative estimate of drug-likeness (QED) is 0.772. The minimum Gasteiger partial charge on any atom is -0.345 e. The van der Waals surface area contributed by atoms with Crippen LogP contribution in [0.3, 0.4) is 0 Å². The molecule has 1 aliphatic rings. The van der Waals surface area contributed by atoms with Crippen LogP contribution in [0.2, 0.25) is 0 Å². The van der Waals surface area contributed by atoms with Gasteiger partial charge >= 0.3 is 11.8 Å². The second kappa shape index (κ2) is 5.32. The van der Waals surface area contributed by atoms with Crippen LogP contribution in [0.1, 0.15) is 19.3 Å². The Morgan fingerprint density at radius 3 is 2.80 bits per heavy atom. The number of hydrogen-bond donors (Lipinski definition) is 2. The molecule has 2 heterocycles. The Kier molecular flexibility index (Phi) is 3.37. The number of carbonyl (C=O) groups excluding carboxylic acids is 2. The molecule has 20 heavy (non-hydrogen) atoms. The Balaban J connectivity index is 1.69. The maximum Gasteiger partial charge on any atom is 0.313 e. The van der Waals surface area contributed by atoms with Gasteiger partial charge < -0.3 is 15.2 Å². The number of H-pyrrole nitrogens is 1. The summed E-state index contributed by atoms with van der Waals surface area (Å²) in [4.78, 5) is 32.7. The van der Waals surface area contributed by atoms with Gasteiger partial charge in [0.05, 0.1) is 17.4 Å². The normalized spacial score (nSPS) is 15.3. The fraction of sp³-hybridized carbons (Fsp3) is 0.357. The van der Waals surface area contributed by atoms with Crippen LogP contribution in [-0.4, -0.2) is 39.8 Å². The van der Waals surface area contributed by atoms with Gasteiger partial charge in [-0.25, -0.2) is 4.98 Å². The molecule has 0 saturated carbocycles. The number of aromatic nitrogens is 2. The standard InChI is InChI=1S/C14H16N4O2/c19-13(14(20)18-6-2-1-3-7-18)17-10-4-5-11-12(8-10)16-9-15-11/h4-5,8-9H,1-3,6-7H2,(H,15,16)(H,17,19). The minimum atomic E-state index is -0.578. The van der Waals surface area contributed by atoms with Gasteiger partial charge in [-0.05, 0) is 37.5 Å². The lowest BCUT2D eigenvalue weighted by molar-refractivity contribution is -0.143. The summed E-state index contributed by atoms with van der Waals surface area (Å²) in [6.45, 7) is 1.34. The molecule has 0 radical (unpaired) electrons. The molecule has 0 atom stereocenters. The summed E-state index contributed by atoms with van der Waals surface area (Å²) in [7, 11) is 0. The molecule has 2 aromatic rings. The number of rotatable bonds is 1. The first-order valence-corrected chi connectivity index (χ1v) is 6.77. The fourth-order valence-electron chi connectivity index (χ4n) is 2.44. The predicted molar refractivity (Wildman–Crippen MR) is 75.2 cm³/mol. The zero-order valence-corrected chi connectivity index (χ0v) is 11.1. The molecule has 3 rings (SSSR count). The average Bonchev–Trinajstić information content (AvgIpc) is 2.95. The molecule has 6 heteroatoms. The second-order valence-electron chi connectivity index (χ2n) is 4.94. The number of imidazole rings is 1. The van der Waals surface area contributed by atoms with Gasteiger partial charge in [0, 0.05) is 18.8 Å². The lowest BCUT2D eigenvalue weighted by Gasteiger charge is -2.25. The lowest BCUT2D eigenvalue weighted by atomic mass is 10.1. The van der Waals surface area contributed by atoms with Crippen LogP contribution >= 0.6 is 0 Å². The molecule has 0 aliphatic carbocycles. The van der Waals surface area contributed by atoms with Crippen molar-refractivity contribution in [3.8, 4) is 0 Å². The van der Waals surface area contributed by atoms with E-state index in [0.717, 1.165) is 30.3 Å². The topological polar surface area (TPSA) is 78.1 Å². The van der Waals surface area contributed by atoms with Crippen LogP contribution in [0, 0.1) is 0 Å². The molecule has 1 aromatic heterocycles. The number of anilines is 1. The third-order valence-corrected chi connectivity index (χ3v) is 3.52. The fourth-order valence-corrected chi connectivity index (χ4v) is 2.44. The van der Waals surface area contributed by atoms with E-state index in [2.05, 4.69) is 15.3 Å². The number of hydrogen-bond acceptors (Lipinski definition) is 3. The third-order valence-electron chi connectivity index (χ3n) is 3.52. The molecular formula is C14H16N4O2. The van der Waals surface area contributed by atoms with Crippen molar-refractivity contribution in [1.29, 1.82) is 0 Å². The molecule has 6 nitrogen and oxygen atoms in total. The highest BCUT2D eigenvalue weighted by Crippen LogP contribution is 2.16. The molecular weight excluding hydrogens is 256 g/mol. The first-order chi connectivity index (χ1) is 9.74. The molecule has 0 spiro atoms. The van der Waals surface area contributed by atoms with Crippen LogP contribution in [0.5, 0.6) is 0 Å². The minimum absolute atomic E-state index is 0.450. The highest BCUT2D eigenvalue weighted by Gasteiger charge is 2.23. The molecule has 0 bridgehead atoms. The lowest BCUT2D eigenvalue weighted by Crippen LogP contribution is -2.42. The number of benzene rings is 1. The number of amides is 2. The predicted octanol–water partition coefficient (Wildman–Crippen LogP) is 1.51. The molecule has 1 saturated heterocycles. The van der Waals surface area contributed by atoms with Gasteiger partial charge in [0.25, 0.3) is 0 Å². The summed E-state index contributed by atoms with van der Waals surface area (Å²) in [5, 5.41) is 2.64. The van der Waals surface area contributed by atoms with Crippen molar-refractivity contribution in [1.82, 2.24) is 14.9 Å². The van der Waals surface area contributed by atoms with E-state index in [4.69, 9.17) is 0 Å². The van der Waals surface area contributed by atoms with E-state index in [1.807, 2.05) is 0 Å². The monoisotopic (exact) mass is 272 g/mol. The van der Waals surface area contributed by atoms with E-state index in [1.54, 1.807) is 29.4 Å². The summed E-state index contributed by atoms with van der Waals surface area (Å²) in [6, 6.07) is 5.31. The summed E-state index contributed by atoms with van der Waals surface area (Å²) in [6.07, 6.45) is 4.66. The van der Waals surface area contributed by atoms with Crippen molar-refractivity contribution in [2.24, 2.45) is 0 Å². The highest BCUT2D eigenvalue weighted by atomic mass is 16.2. The van der Waals surface area contributed by atoms with Crippen molar-refractivity contribution in [3.63, 3.8) is 0 Å². The number of nitrogens with zero attached hydrogens (tertiary/aromatic N) is 2. The van der Waals surface area contributed by atoms with Crippen molar-refractivity contribution in [3.05, 3.63) is 24.5 Å². The van der Waals surface area contributed by atoms with Crippen LogP contribution in [0.25, 0.3) is 11.0 Å². The van der Waals surface area contributed by atoms with Crippen molar-refractivity contribution in [2.45, 2.75) is 19.3 Å². The van der Waals surface area contributed by atoms with Gasteiger partial charge in [-0.3, -0.25) is 9.59 Å². The summed E-state index contributed by atoms with van der Waals surface area (Å²) in [5.74, 6) is -1.03. The molecule has 2 N–H and O–H groups in total. The van der Waals surface area contributed by atoms with E-state index in [0.29, 0.717) is 18.8 Å².